The maximum atomic E-state index is 12.8. The van der Waals surface area contributed by atoms with Gasteiger partial charge >= 0.3 is 6.18 Å². The Kier molecular flexibility index (Phi) is 4.18. The molecule has 124 valence electrons. The number of thiazole rings is 1. The van der Waals surface area contributed by atoms with Crippen molar-refractivity contribution in [2.24, 2.45) is 11.7 Å². The molecule has 1 saturated heterocycles. The maximum absolute atomic E-state index is 12.8. The molecule has 1 aliphatic rings. The molecule has 1 amide bonds. The molecule has 0 spiro atoms. The van der Waals surface area contributed by atoms with E-state index in [4.69, 9.17) is 5.73 Å². The van der Waals surface area contributed by atoms with E-state index < -0.39 is 11.7 Å². The van der Waals surface area contributed by atoms with Crippen molar-refractivity contribution in [1.82, 2.24) is 4.98 Å². The summed E-state index contributed by atoms with van der Waals surface area (Å²) in [6.07, 6.45) is -2.18. The molecule has 0 radical (unpaired) electrons. The van der Waals surface area contributed by atoms with Crippen LogP contribution in [0.3, 0.4) is 0 Å². The van der Waals surface area contributed by atoms with E-state index in [0.717, 1.165) is 36.2 Å². The topological polar surface area (TPSA) is 59.2 Å². The molecule has 3 rings (SSSR count). The number of hydrogen-bond acceptors (Lipinski definition) is 4. The Morgan fingerprint density at radius 2 is 2.22 bits per heavy atom. The van der Waals surface area contributed by atoms with E-state index in [0.29, 0.717) is 23.6 Å². The van der Waals surface area contributed by atoms with Crippen LogP contribution in [0.25, 0.3) is 10.2 Å². The normalized spacial score (nSPS) is 19.3. The molecule has 1 atom stereocenters. The van der Waals surface area contributed by atoms with Crippen LogP contribution in [0.4, 0.5) is 18.3 Å². The monoisotopic (exact) mass is 343 g/mol. The smallest absolute Gasteiger partial charge is 0.370 e. The Morgan fingerprint density at radius 1 is 1.43 bits per heavy atom. The van der Waals surface area contributed by atoms with Gasteiger partial charge in [0.25, 0.3) is 0 Å². The van der Waals surface area contributed by atoms with Crippen LogP contribution in [0.2, 0.25) is 0 Å². The number of rotatable bonds is 3. The van der Waals surface area contributed by atoms with Crippen LogP contribution in [0.1, 0.15) is 24.8 Å². The van der Waals surface area contributed by atoms with Gasteiger partial charge in [-0.3, -0.25) is 4.79 Å². The van der Waals surface area contributed by atoms with Gasteiger partial charge in [-0.25, -0.2) is 4.98 Å². The van der Waals surface area contributed by atoms with Gasteiger partial charge in [0.05, 0.1) is 15.8 Å². The van der Waals surface area contributed by atoms with Gasteiger partial charge in [-0.15, -0.1) is 0 Å². The first-order chi connectivity index (χ1) is 10.8. The first-order valence-electron chi connectivity index (χ1n) is 7.34. The largest absolute Gasteiger partial charge is 0.416 e. The number of halogens is 3. The number of fused-ring (bicyclic) bond motifs is 1. The number of aromatic nitrogens is 1. The van der Waals surface area contributed by atoms with E-state index in [1.54, 1.807) is 0 Å². The SMILES string of the molecule is NC(=O)CC1CCCN(c2nc3cc(C(F)(F)F)ccc3s2)C1. The van der Waals surface area contributed by atoms with Crippen LogP contribution in [-0.2, 0) is 11.0 Å². The van der Waals surface area contributed by atoms with Gasteiger partial charge in [0.2, 0.25) is 5.91 Å². The minimum Gasteiger partial charge on any atom is -0.370 e. The van der Waals surface area contributed by atoms with Crippen LogP contribution < -0.4 is 10.6 Å². The zero-order valence-electron chi connectivity index (χ0n) is 12.3. The number of nitrogens with zero attached hydrogens (tertiary/aromatic N) is 2. The summed E-state index contributed by atoms with van der Waals surface area (Å²) in [5.74, 6) is -0.144. The molecular weight excluding hydrogens is 327 g/mol. The minimum atomic E-state index is -4.37. The van der Waals surface area contributed by atoms with E-state index >= 15 is 0 Å². The highest BCUT2D eigenvalue weighted by atomic mass is 32.1. The van der Waals surface area contributed by atoms with Crippen molar-refractivity contribution >= 4 is 32.6 Å². The second-order valence-corrected chi connectivity index (χ2v) is 6.81. The zero-order chi connectivity index (χ0) is 16.6. The molecule has 1 aromatic carbocycles. The molecule has 0 aliphatic carbocycles. The Hall–Kier alpha value is -1.83. The van der Waals surface area contributed by atoms with Crippen molar-refractivity contribution in [2.75, 3.05) is 18.0 Å². The molecule has 23 heavy (non-hydrogen) atoms. The third-order valence-electron chi connectivity index (χ3n) is 3.98. The summed E-state index contributed by atoms with van der Waals surface area (Å²) in [5.41, 5.74) is 4.92. The highest BCUT2D eigenvalue weighted by Gasteiger charge is 2.31. The number of piperidine rings is 1. The fraction of sp³-hybridized carbons (Fsp3) is 0.467. The van der Waals surface area contributed by atoms with Gasteiger partial charge in [-0.05, 0) is 37.0 Å². The van der Waals surface area contributed by atoms with Gasteiger partial charge in [0, 0.05) is 19.5 Å². The van der Waals surface area contributed by atoms with E-state index in [2.05, 4.69) is 4.98 Å². The van der Waals surface area contributed by atoms with E-state index in [1.165, 1.54) is 17.4 Å². The summed E-state index contributed by atoms with van der Waals surface area (Å²) in [7, 11) is 0. The molecular formula is C15H16F3N3OS. The number of hydrogen-bond donors (Lipinski definition) is 1. The van der Waals surface area contributed by atoms with Gasteiger partial charge in [-0.1, -0.05) is 11.3 Å². The molecule has 1 fully saturated rings. The van der Waals surface area contributed by atoms with Crippen LogP contribution in [-0.4, -0.2) is 24.0 Å². The summed E-state index contributed by atoms with van der Waals surface area (Å²) in [6, 6.07) is 3.63. The lowest BCUT2D eigenvalue weighted by Crippen LogP contribution is -2.37. The lowest BCUT2D eigenvalue weighted by molar-refractivity contribution is -0.137. The third kappa shape index (κ3) is 3.57. The highest BCUT2D eigenvalue weighted by Crippen LogP contribution is 2.36. The number of alkyl halides is 3. The highest BCUT2D eigenvalue weighted by molar-refractivity contribution is 7.22. The molecule has 2 N–H and O–H groups in total. The van der Waals surface area contributed by atoms with Crippen molar-refractivity contribution in [2.45, 2.75) is 25.4 Å². The molecule has 8 heteroatoms. The van der Waals surface area contributed by atoms with Crippen molar-refractivity contribution < 1.29 is 18.0 Å². The van der Waals surface area contributed by atoms with Crippen molar-refractivity contribution in [3.05, 3.63) is 23.8 Å². The number of primary amides is 1. The minimum absolute atomic E-state index is 0.180. The van der Waals surface area contributed by atoms with Gasteiger partial charge in [-0.2, -0.15) is 13.2 Å². The summed E-state index contributed by atoms with van der Waals surface area (Å²) < 4.78 is 39.0. The summed E-state index contributed by atoms with van der Waals surface area (Å²) in [5, 5.41) is 0.702. The molecule has 2 aromatic rings. The molecule has 0 saturated carbocycles. The summed E-state index contributed by atoms with van der Waals surface area (Å²) in [6.45, 7) is 1.45. The molecule has 2 heterocycles. The summed E-state index contributed by atoms with van der Waals surface area (Å²) in [4.78, 5) is 17.5. The lowest BCUT2D eigenvalue weighted by atomic mass is 9.95. The standard InChI is InChI=1S/C15H16F3N3OS/c16-15(17,18)10-3-4-12-11(7-10)20-14(23-12)21-5-1-2-9(8-21)6-13(19)22/h3-4,7,9H,1-2,5-6,8H2,(H2,19,22). The Morgan fingerprint density at radius 3 is 2.91 bits per heavy atom. The van der Waals surface area contributed by atoms with E-state index in [-0.39, 0.29) is 11.8 Å². The van der Waals surface area contributed by atoms with E-state index in [1.807, 2.05) is 4.90 Å². The second kappa shape index (κ2) is 5.99. The molecule has 4 nitrogen and oxygen atoms in total. The Bertz CT molecular complexity index is 728. The summed E-state index contributed by atoms with van der Waals surface area (Å²) >= 11 is 1.38. The quantitative estimate of drug-likeness (QED) is 0.929. The molecule has 1 unspecified atom stereocenters. The van der Waals surface area contributed by atoms with Gasteiger partial charge in [0.1, 0.15) is 0 Å². The van der Waals surface area contributed by atoms with E-state index in [9.17, 15) is 18.0 Å². The van der Waals surface area contributed by atoms with Crippen LogP contribution >= 0.6 is 11.3 Å². The predicted octanol–water partition coefficient (Wildman–Crippen LogP) is 3.41. The first kappa shape index (κ1) is 16.0. The van der Waals surface area contributed by atoms with Crippen LogP contribution in [0.15, 0.2) is 18.2 Å². The maximum Gasteiger partial charge on any atom is 0.416 e. The van der Waals surface area contributed by atoms with Crippen molar-refractivity contribution in [1.29, 1.82) is 0 Å². The average molecular weight is 343 g/mol. The van der Waals surface area contributed by atoms with Crippen molar-refractivity contribution in [3.63, 3.8) is 0 Å². The number of carbonyl (C=O) groups excluding carboxylic acids is 1. The first-order valence-corrected chi connectivity index (χ1v) is 8.15. The molecule has 0 bridgehead atoms. The number of anilines is 1. The average Bonchev–Trinajstić information content (AvgIpc) is 2.89. The third-order valence-corrected chi connectivity index (χ3v) is 5.08. The fourth-order valence-electron chi connectivity index (χ4n) is 2.92. The van der Waals surface area contributed by atoms with Crippen molar-refractivity contribution in [3.8, 4) is 0 Å². The number of benzene rings is 1. The van der Waals surface area contributed by atoms with Crippen LogP contribution in [0.5, 0.6) is 0 Å². The molecule has 1 aliphatic heterocycles. The predicted molar refractivity (Wildman–Crippen MR) is 83.4 cm³/mol. The Labute approximate surface area is 135 Å². The number of carbonyl (C=O) groups is 1. The zero-order valence-corrected chi connectivity index (χ0v) is 13.1. The fourth-order valence-corrected chi connectivity index (χ4v) is 3.90. The molecule has 1 aromatic heterocycles. The van der Waals surface area contributed by atoms with Crippen LogP contribution in [0, 0.1) is 5.92 Å². The Balaban J connectivity index is 1.84. The number of nitrogens with two attached hydrogens (primary N) is 1. The number of amides is 1. The van der Waals surface area contributed by atoms with Gasteiger partial charge < -0.3 is 10.6 Å². The second-order valence-electron chi connectivity index (χ2n) is 5.80. The lowest BCUT2D eigenvalue weighted by Gasteiger charge is -2.31. The van der Waals surface area contributed by atoms with Gasteiger partial charge in [0.15, 0.2) is 5.13 Å².